The van der Waals surface area contributed by atoms with E-state index in [0.717, 1.165) is 12.8 Å². The molecule has 3 N–H and O–H groups in total. The van der Waals surface area contributed by atoms with Crippen LogP contribution in [0.25, 0.3) is 0 Å². The van der Waals surface area contributed by atoms with Gasteiger partial charge in [-0.3, -0.25) is 4.79 Å². The van der Waals surface area contributed by atoms with E-state index in [1.807, 2.05) is 4.90 Å². The first kappa shape index (κ1) is 11.6. The Bertz CT molecular complexity index is 279. The highest BCUT2D eigenvalue weighted by Crippen LogP contribution is 2.36. The number of nitrogens with two attached hydrogens (primary N) is 1. The SMILES string of the molecule is C=CCC(N)C(=O)N1C2CCC1CC(O)C2. The van der Waals surface area contributed by atoms with E-state index < -0.39 is 6.04 Å². The van der Waals surface area contributed by atoms with Gasteiger partial charge in [-0.25, -0.2) is 0 Å². The summed E-state index contributed by atoms with van der Waals surface area (Å²) in [6.45, 7) is 3.60. The van der Waals surface area contributed by atoms with Crippen LogP contribution < -0.4 is 5.73 Å². The molecule has 0 aliphatic carbocycles. The van der Waals surface area contributed by atoms with Crippen LogP contribution in [-0.2, 0) is 4.79 Å². The maximum Gasteiger partial charge on any atom is 0.240 e. The summed E-state index contributed by atoms with van der Waals surface area (Å²) in [5.41, 5.74) is 5.82. The van der Waals surface area contributed by atoms with E-state index in [2.05, 4.69) is 6.58 Å². The van der Waals surface area contributed by atoms with Crippen molar-refractivity contribution in [3.05, 3.63) is 12.7 Å². The lowest BCUT2D eigenvalue weighted by Gasteiger charge is -2.38. The van der Waals surface area contributed by atoms with Crippen LogP contribution in [0.5, 0.6) is 0 Å². The van der Waals surface area contributed by atoms with Crippen LogP contribution in [0, 0.1) is 0 Å². The molecule has 4 nitrogen and oxygen atoms in total. The van der Waals surface area contributed by atoms with Gasteiger partial charge >= 0.3 is 0 Å². The zero-order chi connectivity index (χ0) is 11.7. The molecule has 0 aromatic rings. The van der Waals surface area contributed by atoms with Crippen LogP contribution in [0.3, 0.4) is 0 Å². The highest BCUT2D eigenvalue weighted by atomic mass is 16.3. The van der Waals surface area contributed by atoms with Gasteiger partial charge in [0.2, 0.25) is 5.91 Å². The Morgan fingerprint density at radius 1 is 1.50 bits per heavy atom. The summed E-state index contributed by atoms with van der Waals surface area (Å²) in [6, 6.07) is -0.0509. The van der Waals surface area contributed by atoms with Gasteiger partial charge in [0.05, 0.1) is 12.1 Å². The van der Waals surface area contributed by atoms with Crippen molar-refractivity contribution in [3.63, 3.8) is 0 Å². The molecular formula is C12H20N2O2. The van der Waals surface area contributed by atoms with Gasteiger partial charge in [0.25, 0.3) is 0 Å². The summed E-state index contributed by atoms with van der Waals surface area (Å²) in [4.78, 5) is 14.0. The Morgan fingerprint density at radius 2 is 2.06 bits per heavy atom. The van der Waals surface area contributed by atoms with Gasteiger partial charge in [-0.15, -0.1) is 6.58 Å². The van der Waals surface area contributed by atoms with Gasteiger partial charge in [0.15, 0.2) is 0 Å². The first-order chi connectivity index (χ1) is 7.63. The minimum Gasteiger partial charge on any atom is -0.393 e. The first-order valence-corrected chi connectivity index (χ1v) is 6.00. The smallest absolute Gasteiger partial charge is 0.240 e. The number of fused-ring (bicyclic) bond motifs is 2. The second-order valence-electron chi connectivity index (χ2n) is 4.89. The molecule has 2 saturated heterocycles. The number of amides is 1. The fraction of sp³-hybridized carbons (Fsp3) is 0.750. The quantitative estimate of drug-likeness (QED) is 0.682. The lowest BCUT2D eigenvalue weighted by atomic mass is 9.98. The molecule has 0 saturated carbocycles. The van der Waals surface area contributed by atoms with Crippen molar-refractivity contribution in [2.45, 2.75) is 56.3 Å². The highest BCUT2D eigenvalue weighted by molar-refractivity contribution is 5.82. The van der Waals surface area contributed by atoms with Gasteiger partial charge < -0.3 is 15.7 Å². The van der Waals surface area contributed by atoms with E-state index in [4.69, 9.17) is 5.73 Å². The minimum absolute atomic E-state index is 0.0271. The molecule has 2 bridgehead atoms. The average molecular weight is 224 g/mol. The van der Waals surface area contributed by atoms with Crippen molar-refractivity contribution in [3.8, 4) is 0 Å². The fourth-order valence-corrected chi connectivity index (χ4v) is 2.98. The molecule has 0 radical (unpaired) electrons. The second-order valence-corrected chi connectivity index (χ2v) is 4.89. The van der Waals surface area contributed by atoms with Crippen LogP contribution in [0.4, 0.5) is 0 Å². The largest absolute Gasteiger partial charge is 0.393 e. The van der Waals surface area contributed by atoms with Gasteiger partial charge in [0.1, 0.15) is 0 Å². The molecule has 1 amide bonds. The Morgan fingerprint density at radius 3 is 2.56 bits per heavy atom. The van der Waals surface area contributed by atoms with Crippen molar-refractivity contribution in [1.29, 1.82) is 0 Å². The first-order valence-electron chi connectivity index (χ1n) is 6.00. The number of hydrogen-bond donors (Lipinski definition) is 2. The number of hydrogen-bond acceptors (Lipinski definition) is 3. The number of rotatable bonds is 3. The van der Waals surface area contributed by atoms with Gasteiger partial charge in [-0.05, 0) is 32.1 Å². The van der Waals surface area contributed by atoms with Crippen LogP contribution >= 0.6 is 0 Å². The monoisotopic (exact) mass is 224 g/mol. The maximum atomic E-state index is 12.1. The van der Waals surface area contributed by atoms with Crippen molar-refractivity contribution in [2.75, 3.05) is 0 Å². The molecule has 2 aliphatic heterocycles. The number of aliphatic hydroxyl groups excluding tert-OH is 1. The van der Waals surface area contributed by atoms with E-state index in [-0.39, 0.29) is 24.1 Å². The summed E-state index contributed by atoms with van der Waals surface area (Å²) in [5.74, 6) is 0.0271. The van der Waals surface area contributed by atoms with Crippen LogP contribution in [0.15, 0.2) is 12.7 Å². The molecular weight excluding hydrogens is 204 g/mol. The van der Waals surface area contributed by atoms with Gasteiger partial charge in [0, 0.05) is 12.1 Å². The van der Waals surface area contributed by atoms with E-state index in [0.29, 0.717) is 19.3 Å². The van der Waals surface area contributed by atoms with Crippen molar-refractivity contribution in [2.24, 2.45) is 5.73 Å². The van der Waals surface area contributed by atoms with Crippen LogP contribution in [0.1, 0.15) is 32.1 Å². The lowest BCUT2D eigenvalue weighted by Crippen LogP contribution is -2.53. The van der Waals surface area contributed by atoms with Gasteiger partial charge in [-0.1, -0.05) is 6.08 Å². The van der Waals surface area contributed by atoms with E-state index >= 15 is 0 Å². The second kappa shape index (κ2) is 4.55. The highest BCUT2D eigenvalue weighted by Gasteiger charge is 2.43. The van der Waals surface area contributed by atoms with Crippen LogP contribution in [-0.4, -0.2) is 40.1 Å². The predicted molar refractivity (Wildman–Crippen MR) is 61.7 cm³/mol. The molecule has 4 heteroatoms. The van der Waals surface area contributed by atoms with Crippen molar-refractivity contribution >= 4 is 5.91 Å². The Kier molecular flexibility index (Phi) is 3.30. The molecule has 3 unspecified atom stereocenters. The molecule has 3 atom stereocenters. The van der Waals surface area contributed by atoms with Crippen molar-refractivity contribution < 1.29 is 9.90 Å². The third-order valence-electron chi connectivity index (χ3n) is 3.70. The molecule has 90 valence electrons. The van der Waals surface area contributed by atoms with E-state index in [9.17, 15) is 9.90 Å². The molecule has 0 spiro atoms. The molecule has 2 rings (SSSR count). The zero-order valence-electron chi connectivity index (χ0n) is 9.51. The Labute approximate surface area is 96.1 Å². The third-order valence-corrected chi connectivity index (χ3v) is 3.70. The molecule has 0 aromatic carbocycles. The molecule has 16 heavy (non-hydrogen) atoms. The molecule has 2 heterocycles. The molecule has 2 aliphatic rings. The third kappa shape index (κ3) is 1.99. The lowest BCUT2D eigenvalue weighted by molar-refractivity contribution is -0.138. The standard InChI is InChI=1S/C12H20N2O2/c1-2-3-11(13)12(16)14-8-4-5-9(14)7-10(15)6-8/h2,8-11,15H,1,3-7,13H2. The van der Waals surface area contributed by atoms with Gasteiger partial charge in [-0.2, -0.15) is 0 Å². The zero-order valence-corrected chi connectivity index (χ0v) is 9.51. The summed E-state index contributed by atoms with van der Waals surface area (Å²) >= 11 is 0. The summed E-state index contributed by atoms with van der Waals surface area (Å²) < 4.78 is 0. The van der Waals surface area contributed by atoms with E-state index in [1.165, 1.54) is 0 Å². The minimum atomic E-state index is -0.462. The summed E-state index contributed by atoms with van der Waals surface area (Å²) in [5, 5.41) is 9.65. The average Bonchev–Trinajstić information content (AvgIpc) is 2.50. The fourth-order valence-electron chi connectivity index (χ4n) is 2.98. The number of nitrogens with zero attached hydrogens (tertiary/aromatic N) is 1. The maximum absolute atomic E-state index is 12.1. The van der Waals surface area contributed by atoms with Crippen molar-refractivity contribution in [1.82, 2.24) is 4.90 Å². The topological polar surface area (TPSA) is 66.6 Å². The van der Waals surface area contributed by atoms with E-state index in [1.54, 1.807) is 6.08 Å². The Hall–Kier alpha value is -0.870. The number of carbonyl (C=O) groups is 1. The normalized spacial score (nSPS) is 34.9. The summed E-state index contributed by atoms with van der Waals surface area (Å²) in [6.07, 6.45) is 5.41. The Balaban J connectivity index is 2.05. The summed E-state index contributed by atoms with van der Waals surface area (Å²) in [7, 11) is 0. The number of aliphatic hydroxyl groups is 1. The number of piperidine rings is 1. The molecule has 2 fully saturated rings. The predicted octanol–water partition coefficient (Wildman–Crippen LogP) is 0.404. The van der Waals surface area contributed by atoms with Crippen LogP contribution in [0.2, 0.25) is 0 Å². The number of carbonyl (C=O) groups excluding carboxylic acids is 1. The molecule has 0 aromatic heterocycles.